The molecular formula is C36H20Li4N18O8. The van der Waals surface area contributed by atoms with Gasteiger partial charge in [0.1, 0.15) is 11.6 Å². The summed E-state index contributed by atoms with van der Waals surface area (Å²) in [5.41, 5.74) is 10.9. The SMILES string of the molecule is [C-]#[N+]c1cnn(-c2cc(C(=O)[O-])cc(C(=O)[O-])c2)c1N=Nc1c(C)nn(-c2cnc(-n3nc(C)c(N=Nc4c(C#N)cnn4-c4cc(C(=O)[O-])cc(C(=O)[O-])c4)c3N)cn2)c1N.[Li+].[Li+].[Li+].[Li+]. The van der Waals surface area contributed by atoms with Crippen molar-refractivity contribution in [3.05, 3.63) is 112 Å². The molecule has 0 atom stereocenters. The molecule has 5 aromatic heterocycles. The first-order chi connectivity index (χ1) is 29.6. The largest absolute Gasteiger partial charge is 1.00 e. The third kappa shape index (κ3) is 10.2. The summed E-state index contributed by atoms with van der Waals surface area (Å²) in [6, 6.07) is 7.82. The van der Waals surface area contributed by atoms with E-state index in [1.165, 1.54) is 21.8 Å². The molecule has 2 aromatic carbocycles. The smallest absolute Gasteiger partial charge is 0.545 e. The second kappa shape index (κ2) is 21.4. The number of carbonyl (C=O) groups is 4. The monoisotopic (exact) mass is 860 g/mol. The van der Waals surface area contributed by atoms with Gasteiger partial charge in [0.2, 0.25) is 0 Å². The number of carboxylic acid groups (broad SMARTS) is 4. The van der Waals surface area contributed by atoms with Gasteiger partial charge in [-0.1, -0.05) is 0 Å². The first-order valence-electron chi connectivity index (χ1n) is 17.1. The van der Waals surface area contributed by atoms with E-state index in [0.717, 1.165) is 58.2 Å². The summed E-state index contributed by atoms with van der Waals surface area (Å²) >= 11 is 0. The number of benzene rings is 2. The van der Waals surface area contributed by atoms with Crippen LogP contribution in [0, 0.1) is 31.8 Å². The summed E-state index contributed by atoms with van der Waals surface area (Å²) in [7, 11) is 0. The Morgan fingerprint density at radius 3 is 1.35 bits per heavy atom. The average molecular weight is 860 g/mol. The second-order valence-electron chi connectivity index (χ2n) is 12.6. The number of hydrogen-bond donors (Lipinski definition) is 2. The first kappa shape index (κ1) is 52.8. The Morgan fingerprint density at radius 2 is 0.985 bits per heavy atom. The van der Waals surface area contributed by atoms with Crippen molar-refractivity contribution in [1.82, 2.24) is 49.1 Å². The molecule has 5 heterocycles. The third-order valence-corrected chi connectivity index (χ3v) is 8.65. The van der Waals surface area contributed by atoms with Crippen molar-refractivity contribution in [3.63, 3.8) is 0 Å². The maximum absolute atomic E-state index is 11.6. The Labute approximate surface area is 417 Å². The summed E-state index contributed by atoms with van der Waals surface area (Å²) in [5.74, 6) is -7.05. The Bertz CT molecular complexity index is 2920. The molecule has 26 nitrogen and oxygen atoms in total. The Balaban J connectivity index is 0.00000289. The van der Waals surface area contributed by atoms with Crippen molar-refractivity contribution in [2.45, 2.75) is 13.8 Å². The quantitative estimate of drug-likeness (QED) is 0.0654. The van der Waals surface area contributed by atoms with Gasteiger partial charge < -0.3 is 51.1 Å². The van der Waals surface area contributed by atoms with E-state index in [0.29, 0.717) is 0 Å². The number of nitrogens with zero attached hydrogens (tertiary/aromatic N) is 16. The molecule has 7 aromatic rings. The second-order valence-corrected chi connectivity index (χ2v) is 12.6. The topological polar surface area (TPSA) is 387 Å². The molecule has 0 aliphatic carbocycles. The normalized spacial score (nSPS) is 10.5. The van der Waals surface area contributed by atoms with E-state index < -0.39 is 46.1 Å². The number of nitriles is 1. The number of aryl methyl sites for hydroxylation is 2. The molecule has 7 rings (SSSR count). The maximum Gasteiger partial charge on any atom is 1.00 e. The molecule has 306 valence electrons. The minimum atomic E-state index is -1.67. The zero-order chi connectivity index (χ0) is 44.6. The van der Waals surface area contributed by atoms with Gasteiger partial charge in [0.25, 0.3) is 5.69 Å². The van der Waals surface area contributed by atoms with Crippen LogP contribution in [0.25, 0.3) is 27.9 Å². The van der Waals surface area contributed by atoms with Crippen molar-refractivity contribution in [2.24, 2.45) is 20.5 Å². The molecule has 0 saturated heterocycles. The van der Waals surface area contributed by atoms with Crippen molar-refractivity contribution >= 4 is 64.2 Å². The van der Waals surface area contributed by atoms with Gasteiger partial charge in [0.15, 0.2) is 46.3 Å². The molecule has 66 heavy (non-hydrogen) atoms. The van der Waals surface area contributed by atoms with Crippen LogP contribution >= 0.6 is 0 Å². The number of nitrogen functional groups attached to an aromatic ring is 2. The number of hydrogen-bond acceptors (Lipinski definition) is 21. The van der Waals surface area contributed by atoms with Gasteiger partial charge in [0, 0.05) is 0 Å². The summed E-state index contributed by atoms with van der Waals surface area (Å²) in [6.07, 6.45) is 4.78. The predicted molar refractivity (Wildman–Crippen MR) is 198 cm³/mol. The average Bonchev–Trinajstić information content (AvgIpc) is 4.01. The number of carbonyl (C=O) groups excluding carboxylic acids is 4. The van der Waals surface area contributed by atoms with E-state index in [4.69, 9.17) is 18.0 Å². The summed E-state index contributed by atoms with van der Waals surface area (Å²) < 4.78 is 4.37. The van der Waals surface area contributed by atoms with Crippen molar-refractivity contribution in [3.8, 4) is 29.1 Å². The molecule has 0 amide bonds. The molecule has 0 radical (unpaired) electrons. The molecule has 0 unspecified atom stereocenters. The number of aromatic carboxylic acids is 4. The molecule has 0 spiro atoms. The zero-order valence-electron chi connectivity index (χ0n) is 35.3. The van der Waals surface area contributed by atoms with Gasteiger partial charge in [-0.3, -0.25) is 0 Å². The Morgan fingerprint density at radius 1 is 0.606 bits per heavy atom. The van der Waals surface area contributed by atoms with Gasteiger partial charge in [-0.2, -0.15) is 35.0 Å². The molecular weight excluding hydrogens is 840 g/mol. The van der Waals surface area contributed by atoms with Gasteiger partial charge in [-0.15, -0.1) is 20.5 Å². The third-order valence-electron chi connectivity index (χ3n) is 8.65. The molecule has 0 bridgehead atoms. The van der Waals surface area contributed by atoms with Crippen LogP contribution in [0.4, 0.5) is 40.3 Å². The Hall–Kier alpha value is -7.59. The fraction of sp³-hybridized carbons (Fsp3) is 0.0556. The Kier molecular flexibility index (Phi) is 17.1. The minimum absolute atomic E-state index is 0. The zero-order valence-corrected chi connectivity index (χ0v) is 35.3. The van der Waals surface area contributed by atoms with E-state index >= 15 is 0 Å². The number of carboxylic acids is 4. The maximum atomic E-state index is 11.6. The fourth-order valence-electron chi connectivity index (χ4n) is 5.74. The van der Waals surface area contributed by atoms with E-state index in [2.05, 4.69) is 55.7 Å². The number of azo groups is 2. The van der Waals surface area contributed by atoms with Crippen molar-refractivity contribution in [2.75, 3.05) is 11.5 Å². The van der Waals surface area contributed by atoms with Crippen LogP contribution in [0.1, 0.15) is 58.4 Å². The van der Waals surface area contributed by atoms with Gasteiger partial charge in [0.05, 0.1) is 78.0 Å². The molecule has 0 aliphatic heterocycles. The molecule has 0 saturated carbocycles. The van der Waals surface area contributed by atoms with E-state index in [1.54, 1.807) is 13.8 Å². The number of aromatic nitrogens is 10. The van der Waals surface area contributed by atoms with Crippen LogP contribution in [0.2, 0.25) is 0 Å². The summed E-state index contributed by atoms with van der Waals surface area (Å²) in [6.45, 7) is 10.6. The molecule has 4 N–H and O–H groups in total. The predicted octanol–water partition coefficient (Wildman–Crippen LogP) is -12.3. The van der Waals surface area contributed by atoms with Gasteiger partial charge in [-0.05, 0) is 72.5 Å². The van der Waals surface area contributed by atoms with E-state index in [-0.39, 0.29) is 156 Å². The number of nitrogens with two attached hydrogens (primary N) is 2. The van der Waals surface area contributed by atoms with Crippen LogP contribution in [0.15, 0.2) is 81.6 Å². The van der Waals surface area contributed by atoms with Gasteiger partial charge >= 0.3 is 75.4 Å². The van der Waals surface area contributed by atoms with Crippen molar-refractivity contribution in [1.29, 1.82) is 5.26 Å². The fourth-order valence-corrected chi connectivity index (χ4v) is 5.74. The van der Waals surface area contributed by atoms with Crippen LogP contribution in [0.5, 0.6) is 0 Å². The summed E-state index contributed by atoms with van der Waals surface area (Å²) in [4.78, 5) is 58.4. The standard InChI is InChI=1S/C36H24N18O8.4Li/c1-15-27(45-47-31-21(10-37)11-43-51(31)22-6-17(33(55)56)4-18(7-22)34(57)58)29(38)53(49-15)25-13-42-26(14-41-25)54-30(39)28(16(2)50-54)46-48-32-24(40-3)12-44-52(32)23-8-19(35(59)60)5-20(9-23)36(61)62;;;;/h4-9,11-14H,38-39H2,1-2H3,(H,55,56)(H,57,58)(H,59,60)(H,61,62);;;;/q;4*+1/p-4. The minimum Gasteiger partial charge on any atom is -0.545 e. The van der Waals surface area contributed by atoms with Crippen molar-refractivity contribution < 1.29 is 115 Å². The molecule has 0 aliphatic rings. The van der Waals surface area contributed by atoms with Crippen LogP contribution in [-0.4, -0.2) is 73.0 Å². The summed E-state index contributed by atoms with van der Waals surface area (Å²) in [5, 5.41) is 89.3. The molecule has 0 fully saturated rings. The van der Waals surface area contributed by atoms with Crippen LogP contribution in [0.3, 0.4) is 0 Å². The van der Waals surface area contributed by atoms with Gasteiger partial charge in [-0.25, -0.2) is 24.2 Å². The molecule has 30 heteroatoms. The van der Waals surface area contributed by atoms with Crippen LogP contribution in [-0.2, 0) is 0 Å². The first-order valence-corrected chi connectivity index (χ1v) is 17.1. The van der Waals surface area contributed by atoms with Crippen LogP contribution < -0.4 is 107 Å². The van der Waals surface area contributed by atoms with E-state index in [9.17, 15) is 44.9 Å². The number of rotatable bonds is 12. The number of anilines is 2. The van der Waals surface area contributed by atoms with E-state index in [1.807, 2.05) is 6.07 Å².